The van der Waals surface area contributed by atoms with Crippen LogP contribution in [0.5, 0.6) is 0 Å². The van der Waals surface area contributed by atoms with Crippen molar-refractivity contribution in [1.82, 2.24) is 14.8 Å². The number of piperidine rings is 1. The Bertz CT molecular complexity index is 1080. The number of alkyl halides is 3. The Morgan fingerprint density at radius 1 is 1.06 bits per heavy atom. The van der Waals surface area contributed by atoms with Gasteiger partial charge in [0, 0.05) is 37.3 Å². The van der Waals surface area contributed by atoms with Crippen LogP contribution in [-0.2, 0) is 28.9 Å². The standard InChI is InChI=1S/C23H24F3N5O3/c24-23(25,26)18-5-3-15(4-6-18)12-30-14-19(32)31(22(30)34)13-17-2-1-9-28-21(17)29-10-7-16(8-11-29)20(27)33/h1-6,9,16H,7-8,10-14H2,(H2,27,33). The summed E-state index contributed by atoms with van der Waals surface area (Å²) in [5.74, 6) is -0.238. The van der Waals surface area contributed by atoms with E-state index in [-0.39, 0.29) is 37.4 Å². The molecule has 2 aromatic rings. The van der Waals surface area contributed by atoms with Gasteiger partial charge in [0.05, 0.1) is 12.1 Å². The molecule has 2 N–H and O–H groups in total. The molecule has 4 rings (SSSR count). The second-order valence-corrected chi connectivity index (χ2v) is 8.46. The lowest BCUT2D eigenvalue weighted by atomic mass is 9.96. The summed E-state index contributed by atoms with van der Waals surface area (Å²) in [7, 11) is 0. The molecule has 2 fully saturated rings. The van der Waals surface area contributed by atoms with E-state index in [0.717, 1.165) is 17.0 Å². The fourth-order valence-electron chi connectivity index (χ4n) is 4.28. The van der Waals surface area contributed by atoms with Gasteiger partial charge in [-0.3, -0.25) is 14.5 Å². The van der Waals surface area contributed by atoms with Crippen molar-refractivity contribution in [2.24, 2.45) is 11.7 Å². The van der Waals surface area contributed by atoms with Crippen molar-refractivity contribution < 1.29 is 27.6 Å². The van der Waals surface area contributed by atoms with E-state index >= 15 is 0 Å². The van der Waals surface area contributed by atoms with E-state index in [1.54, 1.807) is 18.3 Å². The minimum absolute atomic E-state index is 0.0275. The number of hydrogen-bond acceptors (Lipinski definition) is 5. The molecule has 180 valence electrons. The van der Waals surface area contributed by atoms with E-state index < -0.39 is 17.8 Å². The number of halogens is 3. The lowest BCUT2D eigenvalue weighted by Gasteiger charge is -2.33. The first kappa shape index (κ1) is 23.5. The van der Waals surface area contributed by atoms with Crippen molar-refractivity contribution in [2.75, 3.05) is 24.5 Å². The molecule has 0 unspecified atom stereocenters. The van der Waals surface area contributed by atoms with Gasteiger partial charge in [0.1, 0.15) is 12.4 Å². The van der Waals surface area contributed by atoms with Gasteiger partial charge in [-0.2, -0.15) is 13.2 Å². The number of hydrogen-bond donors (Lipinski definition) is 1. The molecule has 1 aromatic carbocycles. The van der Waals surface area contributed by atoms with Gasteiger partial charge in [0.25, 0.3) is 5.91 Å². The fourth-order valence-corrected chi connectivity index (χ4v) is 4.28. The third kappa shape index (κ3) is 4.97. The Kier molecular flexibility index (Phi) is 6.45. The molecule has 8 nitrogen and oxygen atoms in total. The van der Waals surface area contributed by atoms with Gasteiger partial charge in [-0.1, -0.05) is 18.2 Å². The minimum atomic E-state index is -4.44. The number of imide groups is 1. The molecule has 2 saturated heterocycles. The summed E-state index contributed by atoms with van der Waals surface area (Å²) in [4.78, 5) is 45.9. The maximum atomic E-state index is 12.9. The third-order valence-electron chi connectivity index (χ3n) is 6.18. The molecule has 0 bridgehead atoms. The van der Waals surface area contributed by atoms with Crippen molar-refractivity contribution in [3.05, 3.63) is 59.3 Å². The summed E-state index contributed by atoms with van der Waals surface area (Å²) in [6, 6.07) is 7.53. The van der Waals surface area contributed by atoms with Crippen molar-refractivity contribution in [3.8, 4) is 0 Å². The molecule has 4 amide bonds. The number of primary amides is 1. The Morgan fingerprint density at radius 2 is 1.74 bits per heavy atom. The number of urea groups is 1. The number of rotatable bonds is 6. The molecule has 2 aliphatic rings. The van der Waals surface area contributed by atoms with Crippen molar-refractivity contribution in [1.29, 1.82) is 0 Å². The molecule has 0 spiro atoms. The number of amides is 4. The van der Waals surface area contributed by atoms with Crippen LogP contribution in [0.3, 0.4) is 0 Å². The zero-order valence-corrected chi connectivity index (χ0v) is 18.3. The van der Waals surface area contributed by atoms with Crippen LogP contribution in [0.4, 0.5) is 23.8 Å². The first-order chi connectivity index (χ1) is 16.1. The van der Waals surface area contributed by atoms with Gasteiger partial charge in [-0.05, 0) is 36.6 Å². The van der Waals surface area contributed by atoms with Crippen LogP contribution in [0.15, 0.2) is 42.6 Å². The van der Waals surface area contributed by atoms with Crippen LogP contribution in [-0.4, -0.2) is 52.3 Å². The van der Waals surface area contributed by atoms with Gasteiger partial charge >= 0.3 is 12.2 Å². The van der Waals surface area contributed by atoms with Gasteiger partial charge in [0.2, 0.25) is 5.91 Å². The minimum Gasteiger partial charge on any atom is -0.369 e. The molecule has 0 radical (unpaired) electrons. The van der Waals surface area contributed by atoms with Crippen LogP contribution < -0.4 is 10.6 Å². The summed E-state index contributed by atoms with van der Waals surface area (Å²) in [5.41, 5.74) is 5.82. The first-order valence-electron chi connectivity index (χ1n) is 10.9. The summed E-state index contributed by atoms with van der Waals surface area (Å²) in [5, 5.41) is 0. The predicted molar refractivity (Wildman–Crippen MR) is 116 cm³/mol. The summed E-state index contributed by atoms with van der Waals surface area (Å²) in [6.45, 7) is 1.07. The second-order valence-electron chi connectivity index (χ2n) is 8.46. The first-order valence-corrected chi connectivity index (χ1v) is 10.9. The lowest BCUT2D eigenvalue weighted by molar-refractivity contribution is -0.137. The number of pyridine rings is 1. The van der Waals surface area contributed by atoms with Crippen LogP contribution in [0.1, 0.15) is 29.5 Å². The third-order valence-corrected chi connectivity index (χ3v) is 6.18. The van der Waals surface area contributed by atoms with Gasteiger partial charge in [0.15, 0.2) is 0 Å². The Balaban J connectivity index is 1.44. The zero-order chi connectivity index (χ0) is 24.5. The SMILES string of the molecule is NC(=O)C1CCN(c2ncccc2CN2C(=O)CN(Cc3ccc(C(F)(F)F)cc3)C2=O)CC1. The zero-order valence-electron chi connectivity index (χ0n) is 18.3. The van der Waals surface area contributed by atoms with Gasteiger partial charge in [-0.25, -0.2) is 9.78 Å². The number of nitrogens with two attached hydrogens (primary N) is 1. The average Bonchev–Trinajstić information content (AvgIpc) is 3.06. The molecule has 11 heteroatoms. The highest BCUT2D eigenvalue weighted by atomic mass is 19.4. The van der Waals surface area contributed by atoms with E-state index in [9.17, 15) is 27.6 Å². The summed E-state index contributed by atoms with van der Waals surface area (Å²) < 4.78 is 38.3. The molecule has 0 atom stereocenters. The van der Waals surface area contributed by atoms with Crippen LogP contribution >= 0.6 is 0 Å². The highest BCUT2D eigenvalue weighted by Crippen LogP contribution is 2.30. The number of carbonyl (C=O) groups excluding carboxylic acids is 3. The monoisotopic (exact) mass is 475 g/mol. The molecule has 0 aliphatic carbocycles. The van der Waals surface area contributed by atoms with Crippen LogP contribution in [0.2, 0.25) is 0 Å². The number of nitrogens with zero attached hydrogens (tertiary/aromatic N) is 4. The summed E-state index contributed by atoms with van der Waals surface area (Å²) >= 11 is 0. The predicted octanol–water partition coefficient (Wildman–Crippen LogP) is 2.77. The van der Waals surface area contributed by atoms with E-state index in [4.69, 9.17) is 5.73 Å². The number of benzene rings is 1. The Morgan fingerprint density at radius 3 is 2.35 bits per heavy atom. The van der Waals surface area contributed by atoms with Crippen molar-refractivity contribution >= 4 is 23.7 Å². The number of aromatic nitrogens is 1. The maximum absolute atomic E-state index is 12.9. The van der Waals surface area contributed by atoms with Crippen molar-refractivity contribution in [2.45, 2.75) is 32.1 Å². The lowest BCUT2D eigenvalue weighted by Crippen LogP contribution is -2.40. The largest absolute Gasteiger partial charge is 0.416 e. The Labute approximate surface area is 194 Å². The van der Waals surface area contributed by atoms with Crippen LogP contribution in [0.25, 0.3) is 0 Å². The number of anilines is 1. The number of carbonyl (C=O) groups is 3. The van der Waals surface area contributed by atoms with E-state index in [0.29, 0.717) is 42.9 Å². The highest BCUT2D eigenvalue weighted by Gasteiger charge is 2.37. The van der Waals surface area contributed by atoms with E-state index in [1.165, 1.54) is 17.0 Å². The average molecular weight is 475 g/mol. The molecule has 1 aromatic heterocycles. The highest BCUT2D eigenvalue weighted by molar-refractivity contribution is 6.02. The smallest absolute Gasteiger partial charge is 0.369 e. The molecule has 3 heterocycles. The van der Waals surface area contributed by atoms with Gasteiger partial charge in [-0.15, -0.1) is 0 Å². The van der Waals surface area contributed by atoms with Gasteiger partial charge < -0.3 is 15.5 Å². The quantitative estimate of drug-likeness (QED) is 0.648. The molecule has 2 aliphatic heterocycles. The van der Waals surface area contributed by atoms with Crippen LogP contribution in [0, 0.1) is 5.92 Å². The molecule has 34 heavy (non-hydrogen) atoms. The maximum Gasteiger partial charge on any atom is 0.416 e. The molecule has 0 saturated carbocycles. The molecular weight excluding hydrogens is 451 g/mol. The fraction of sp³-hybridized carbons (Fsp3) is 0.391. The topological polar surface area (TPSA) is 99.8 Å². The Hall–Kier alpha value is -3.63. The van der Waals surface area contributed by atoms with Crippen molar-refractivity contribution in [3.63, 3.8) is 0 Å². The molecular formula is C23H24F3N5O3. The second kappa shape index (κ2) is 9.32. The normalized spacial score (nSPS) is 17.6. The van der Waals surface area contributed by atoms with E-state index in [2.05, 4.69) is 4.98 Å². The summed E-state index contributed by atoms with van der Waals surface area (Å²) in [6.07, 6.45) is -1.60. The van der Waals surface area contributed by atoms with E-state index in [1.807, 2.05) is 4.90 Å².